The maximum atomic E-state index is 9.69. The molecular formula is CH6O6S2SeV. The molecule has 6 nitrogen and oxygen atoms in total. The molecule has 2 N–H and O–H groups in total. The van der Waals surface area contributed by atoms with E-state index >= 15 is 0 Å². The van der Waals surface area contributed by atoms with Gasteiger partial charge in [-0.25, -0.2) is 0 Å². The van der Waals surface area contributed by atoms with Crippen molar-refractivity contribution < 1.29 is 44.5 Å². The monoisotopic (exact) mass is 309 g/mol. The van der Waals surface area contributed by atoms with Crippen molar-refractivity contribution in [3.63, 3.8) is 0 Å². The van der Waals surface area contributed by atoms with Gasteiger partial charge in [-0.05, 0) is 0 Å². The molecule has 0 saturated heterocycles. The standard InChI is InChI=1S/CH4.H2O6S2Se.V/c;1-7(2,3)9-8(4,5)6;/h1H4;(H,1,2,3)(H,4,5,6);. The zero-order chi connectivity index (χ0) is 7.71. The van der Waals surface area contributed by atoms with Crippen molar-refractivity contribution in [3.8, 4) is 0 Å². The van der Waals surface area contributed by atoms with Gasteiger partial charge in [-0.2, -0.15) is 0 Å². The predicted molar refractivity (Wildman–Crippen MR) is 35.6 cm³/mol. The SMILES string of the molecule is C.O=S(=O)(O)[Se]S(=O)(=O)O.[V]. The van der Waals surface area contributed by atoms with Gasteiger partial charge in [0.1, 0.15) is 0 Å². The Morgan fingerprint density at radius 3 is 1.09 bits per heavy atom. The van der Waals surface area contributed by atoms with E-state index in [4.69, 9.17) is 9.11 Å². The normalized spacial score (nSPS) is 11.1. The van der Waals surface area contributed by atoms with Crippen LogP contribution in [-0.4, -0.2) is 38.7 Å². The van der Waals surface area contributed by atoms with E-state index in [1.165, 1.54) is 0 Å². The van der Waals surface area contributed by atoms with Crippen LogP contribution in [0.1, 0.15) is 7.43 Å². The maximum Gasteiger partial charge on any atom is 0 e. The molecule has 0 aliphatic rings. The first-order valence-corrected chi connectivity index (χ1v) is 8.29. The minimum atomic E-state index is -4.56. The topological polar surface area (TPSA) is 109 Å². The first kappa shape index (κ1) is 17.9. The summed E-state index contributed by atoms with van der Waals surface area (Å²) >= 11 is -2.19. The summed E-state index contributed by atoms with van der Waals surface area (Å²) in [6.07, 6.45) is 0. The Balaban J connectivity index is -0.000000320. The van der Waals surface area contributed by atoms with Crippen LogP contribution in [0.15, 0.2) is 0 Å². The molecule has 1 radical (unpaired) electrons. The number of hydrogen-bond donors (Lipinski definition) is 2. The van der Waals surface area contributed by atoms with Gasteiger partial charge in [0.2, 0.25) is 0 Å². The summed E-state index contributed by atoms with van der Waals surface area (Å²) in [5, 5.41) is 0. The van der Waals surface area contributed by atoms with Gasteiger partial charge in [0.05, 0.1) is 0 Å². The molecule has 0 bridgehead atoms. The van der Waals surface area contributed by atoms with Gasteiger partial charge < -0.3 is 0 Å². The molecule has 0 aliphatic heterocycles. The van der Waals surface area contributed by atoms with Gasteiger partial charge in [0.15, 0.2) is 0 Å². The smallest absolute Gasteiger partial charge is 0 e. The Kier molecular flexibility index (Phi) is 9.01. The fourth-order valence-electron chi connectivity index (χ4n) is 0.109. The third-order valence-corrected chi connectivity index (χ3v) is 8.04. The number of hydrogen-bond acceptors (Lipinski definition) is 4. The summed E-state index contributed by atoms with van der Waals surface area (Å²) in [5.74, 6) is 0. The van der Waals surface area contributed by atoms with Crippen LogP contribution in [0, 0.1) is 0 Å². The van der Waals surface area contributed by atoms with Crippen LogP contribution in [0.2, 0.25) is 0 Å². The second kappa shape index (κ2) is 5.55. The molecule has 0 fully saturated rings. The summed E-state index contributed by atoms with van der Waals surface area (Å²) in [6, 6.07) is 0. The molecular weight excluding hydrogens is 302 g/mol. The Bertz CT molecular complexity index is 246. The first-order chi connectivity index (χ1) is 3.71. The van der Waals surface area contributed by atoms with Gasteiger partial charge in [0, 0.05) is 18.6 Å². The minimum absolute atomic E-state index is 0. The van der Waals surface area contributed by atoms with E-state index in [1.807, 2.05) is 0 Å². The molecule has 11 heavy (non-hydrogen) atoms. The van der Waals surface area contributed by atoms with Gasteiger partial charge in [0.25, 0.3) is 0 Å². The molecule has 0 aromatic carbocycles. The van der Waals surface area contributed by atoms with Gasteiger partial charge in [-0.15, -0.1) is 0 Å². The zero-order valence-electron chi connectivity index (χ0n) is 4.20. The van der Waals surface area contributed by atoms with Crippen molar-refractivity contribution >= 4 is 29.8 Å². The Labute approximate surface area is 81.4 Å². The van der Waals surface area contributed by atoms with Gasteiger partial charge in [-0.1, -0.05) is 7.43 Å². The zero-order valence-corrected chi connectivity index (χ0v) is 8.94. The Morgan fingerprint density at radius 2 is 1.09 bits per heavy atom. The third kappa shape index (κ3) is 18.1. The third-order valence-electron chi connectivity index (χ3n) is 0.172. The molecule has 0 rings (SSSR count). The van der Waals surface area contributed by atoms with E-state index < -0.39 is 29.8 Å². The van der Waals surface area contributed by atoms with Crippen molar-refractivity contribution in [3.05, 3.63) is 0 Å². The molecule has 0 unspecified atom stereocenters. The molecule has 0 atom stereocenters. The largest absolute Gasteiger partial charge is 0 e. The van der Waals surface area contributed by atoms with E-state index in [0.717, 1.165) is 0 Å². The molecule has 0 amide bonds. The summed E-state index contributed by atoms with van der Waals surface area (Å²) in [5.41, 5.74) is 0. The minimum Gasteiger partial charge on any atom is 0 e. The Morgan fingerprint density at radius 1 is 0.909 bits per heavy atom. The average molecular weight is 308 g/mol. The van der Waals surface area contributed by atoms with Crippen molar-refractivity contribution in [2.75, 3.05) is 0 Å². The van der Waals surface area contributed by atoms with E-state index in [2.05, 4.69) is 0 Å². The van der Waals surface area contributed by atoms with E-state index in [1.54, 1.807) is 0 Å². The van der Waals surface area contributed by atoms with Crippen LogP contribution in [0.4, 0.5) is 0 Å². The molecule has 0 spiro atoms. The van der Waals surface area contributed by atoms with Crippen LogP contribution in [0.3, 0.4) is 0 Å². The second-order valence-electron chi connectivity index (χ2n) is 0.924. The molecule has 0 aliphatic carbocycles. The van der Waals surface area contributed by atoms with Crippen LogP contribution in [-0.2, 0) is 35.6 Å². The molecule has 69 valence electrons. The summed E-state index contributed by atoms with van der Waals surface area (Å²) < 4.78 is 54.4. The molecule has 10 heteroatoms. The van der Waals surface area contributed by atoms with Gasteiger partial charge >= 0.3 is 55.7 Å². The molecule has 0 aromatic rings. The van der Waals surface area contributed by atoms with E-state index in [9.17, 15) is 16.8 Å². The van der Waals surface area contributed by atoms with Crippen molar-refractivity contribution in [1.82, 2.24) is 0 Å². The van der Waals surface area contributed by atoms with Crippen LogP contribution < -0.4 is 0 Å². The first-order valence-electron chi connectivity index (χ1n) is 1.37. The fraction of sp³-hybridized carbons (Fsp3) is 1.00. The van der Waals surface area contributed by atoms with Crippen molar-refractivity contribution in [2.24, 2.45) is 0 Å². The van der Waals surface area contributed by atoms with Crippen molar-refractivity contribution in [2.45, 2.75) is 7.43 Å². The summed E-state index contributed by atoms with van der Waals surface area (Å²) in [7, 11) is -9.11. The second-order valence-corrected chi connectivity index (χ2v) is 11.1. The predicted octanol–water partition coefficient (Wildman–Crippen LogP) is -1.07. The summed E-state index contributed by atoms with van der Waals surface area (Å²) in [6.45, 7) is 0. The molecule has 0 aromatic heterocycles. The quantitative estimate of drug-likeness (QED) is 0.497. The van der Waals surface area contributed by atoms with Crippen LogP contribution in [0.5, 0.6) is 0 Å². The average Bonchev–Trinajstić information content (AvgIpc) is 1.14. The van der Waals surface area contributed by atoms with Crippen molar-refractivity contribution in [1.29, 1.82) is 0 Å². The van der Waals surface area contributed by atoms with Crippen LogP contribution in [0.25, 0.3) is 0 Å². The number of rotatable bonds is 2. The Hall–Kier alpha value is 0.924. The summed E-state index contributed by atoms with van der Waals surface area (Å²) in [4.78, 5) is 0. The van der Waals surface area contributed by atoms with E-state index in [-0.39, 0.29) is 26.0 Å². The molecule has 0 saturated carbocycles. The maximum absolute atomic E-state index is 9.69. The van der Waals surface area contributed by atoms with Crippen LogP contribution >= 0.6 is 0 Å². The van der Waals surface area contributed by atoms with Gasteiger partial charge in [-0.3, -0.25) is 0 Å². The molecule has 0 heterocycles. The van der Waals surface area contributed by atoms with E-state index in [0.29, 0.717) is 0 Å². The fourth-order valence-corrected chi connectivity index (χ4v) is 5.08.